The zero-order chi connectivity index (χ0) is 10.6. The van der Waals surface area contributed by atoms with Crippen molar-refractivity contribution in [2.75, 3.05) is 11.9 Å². The van der Waals surface area contributed by atoms with Gasteiger partial charge in [-0.3, -0.25) is 4.79 Å². The van der Waals surface area contributed by atoms with Crippen LogP contribution in [0.4, 0.5) is 5.82 Å². The summed E-state index contributed by atoms with van der Waals surface area (Å²) in [4.78, 5) is 18.1. The van der Waals surface area contributed by atoms with Crippen molar-refractivity contribution >= 4 is 35.3 Å². The fourth-order valence-electron chi connectivity index (χ4n) is 0.824. The van der Waals surface area contributed by atoms with Crippen LogP contribution in [0.3, 0.4) is 0 Å². The number of aldehydes is 1. The molecule has 0 radical (unpaired) electrons. The lowest BCUT2D eigenvalue weighted by Gasteiger charge is -2.06. The van der Waals surface area contributed by atoms with Crippen molar-refractivity contribution in [3.8, 4) is 0 Å². The van der Waals surface area contributed by atoms with E-state index >= 15 is 0 Å². The molecule has 74 valence electrons. The van der Waals surface area contributed by atoms with Gasteiger partial charge in [0.25, 0.3) is 0 Å². The molecule has 0 unspecified atom stereocenters. The number of nitrogens with one attached hydrogen (secondary N) is 1. The monoisotopic (exact) mass is 231 g/mol. The average molecular weight is 232 g/mol. The summed E-state index contributed by atoms with van der Waals surface area (Å²) in [6.45, 7) is 3.98. The predicted molar refractivity (Wildman–Crippen MR) is 56.1 cm³/mol. The fourth-order valence-corrected chi connectivity index (χ4v) is 1.25. The van der Waals surface area contributed by atoms with Crippen LogP contribution in [0.25, 0.3) is 0 Å². The summed E-state index contributed by atoms with van der Waals surface area (Å²) in [6, 6.07) is 0. The predicted octanol–water partition coefficient (Wildman–Crippen LogP) is 2.19. The number of carbonyl (C=O) groups excluding carboxylic acids is 1. The highest BCUT2D eigenvalue weighted by molar-refractivity contribution is 6.34. The highest BCUT2D eigenvalue weighted by Crippen LogP contribution is 2.20. The second-order valence-corrected chi connectivity index (χ2v) is 3.03. The van der Waals surface area contributed by atoms with Crippen molar-refractivity contribution in [3.63, 3.8) is 0 Å². The lowest BCUT2D eigenvalue weighted by atomic mass is 10.3. The van der Waals surface area contributed by atoms with Gasteiger partial charge in [0.15, 0.2) is 6.29 Å². The number of hydrogen-bond donors (Lipinski definition) is 1. The Bertz CT molecular complexity index is 368. The zero-order valence-corrected chi connectivity index (χ0v) is 8.64. The molecule has 0 atom stereocenters. The van der Waals surface area contributed by atoms with Crippen LogP contribution in [-0.2, 0) is 0 Å². The van der Waals surface area contributed by atoms with E-state index in [1.807, 2.05) is 0 Å². The third-order valence-corrected chi connectivity index (χ3v) is 1.86. The molecular weight excluding hydrogens is 225 g/mol. The topological polar surface area (TPSA) is 54.9 Å². The maximum atomic E-state index is 10.6. The van der Waals surface area contributed by atoms with Gasteiger partial charge in [0.1, 0.15) is 11.0 Å². The molecule has 0 amide bonds. The fraction of sp³-hybridized carbons (Fsp3) is 0.125. The molecule has 1 heterocycles. The van der Waals surface area contributed by atoms with Crippen LogP contribution in [0.2, 0.25) is 10.4 Å². The second kappa shape index (κ2) is 4.93. The number of aromatic nitrogens is 2. The Kier molecular flexibility index (Phi) is 3.85. The first-order chi connectivity index (χ1) is 6.69. The van der Waals surface area contributed by atoms with Gasteiger partial charge < -0.3 is 5.32 Å². The van der Waals surface area contributed by atoms with Gasteiger partial charge in [-0.2, -0.15) is 4.98 Å². The minimum absolute atomic E-state index is 0.00726. The van der Waals surface area contributed by atoms with Crippen LogP contribution < -0.4 is 5.32 Å². The second-order valence-electron chi connectivity index (χ2n) is 2.33. The lowest BCUT2D eigenvalue weighted by molar-refractivity contribution is 0.112. The molecule has 1 N–H and O–H groups in total. The van der Waals surface area contributed by atoms with Crippen molar-refractivity contribution in [1.29, 1.82) is 0 Å². The lowest BCUT2D eigenvalue weighted by Crippen LogP contribution is -2.05. The molecule has 1 rings (SSSR count). The molecule has 1 aromatic rings. The summed E-state index contributed by atoms with van der Waals surface area (Å²) in [5.41, 5.74) is 0.193. The first-order valence-corrected chi connectivity index (χ1v) is 4.47. The molecule has 0 saturated carbocycles. The Morgan fingerprint density at radius 2 is 2.14 bits per heavy atom. The van der Waals surface area contributed by atoms with Gasteiger partial charge in [0.05, 0.1) is 5.56 Å². The Labute approximate surface area is 91.0 Å². The molecule has 0 aromatic carbocycles. The summed E-state index contributed by atoms with van der Waals surface area (Å²) >= 11 is 11.3. The van der Waals surface area contributed by atoms with E-state index in [2.05, 4.69) is 21.9 Å². The average Bonchev–Trinajstić information content (AvgIpc) is 2.14. The molecule has 14 heavy (non-hydrogen) atoms. The van der Waals surface area contributed by atoms with E-state index in [0.717, 1.165) is 0 Å². The van der Waals surface area contributed by atoms with Crippen molar-refractivity contribution in [3.05, 3.63) is 28.7 Å². The number of rotatable bonds is 4. The zero-order valence-electron chi connectivity index (χ0n) is 7.13. The Morgan fingerprint density at radius 1 is 1.43 bits per heavy atom. The minimum Gasteiger partial charge on any atom is -0.366 e. The van der Waals surface area contributed by atoms with Gasteiger partial charge in [0, 0.05) is 6.54 Å². The third-order valence-electron chi connectivity index (χ3n) is 1.40. The van der Waals surface area contributed by atoms with E-state index in [1.54, 1.807) is 6.08 Å². The summed E-state index contributed by atoms with van der Waals surface area (Å²) in [7, 11) is 0. The van der Waals surface area contributed by atoms with Crippen LogP contribution in [0.5, 0.6) is 0 Å². The van der Waals surface area contributed by atoms with E-state index in [4.69, 9.17) is 23.2 Å². The number of hydrogen-bond acceptors (Lipinski definition) is 4. The highest BCUT2D eigenvalue weighted by Gasteiger charge is 2.10. The van der Waals surface area contributed by atoms with Gasteiger partial charge in [-0.25, -0.2) is 4.98 Å². The third kappa shape index (κ3) is 2.43. The number of nitrogens with zero attached hydrogens (tertiary/aromatic N) is 2. The molecule has 0 fully saturated rings. The van der Waals surface area contributed by atoms with Crippen LogP contribution >= 0.6 is 23.2 Å². The number of carbonyl (C=O) groups is 1. The standard InChI is InChI=1S/C8H7Cl2N3O/c1-2-3-11-7-5(4-14)6(9)12-8(10)13-7/h2,4H,1,3H2,(H,11,12,13). The molecule has 0 spiro atoms. The molecule has 0 aliphatic carbocycles. The molecule has 6 heteroatoms. The van der Waals surface area contributed by atoms with E-state index in [9.17, 15) is 4.79 Å². The van der Waals surface area contributed by atoms with Crippen molar-refractivity contribution in [2.45, 2.75) is 0 Å². The molecular formula is C8H7Cl2N3O. The summed E-state index contributed by atoms with van der Waals surface area (Å²) in [5, 5.41) is 2.85. The SMILES string of the molecule is C=CCNc1nc(Cl)nc(Cl)c1C=O. The first kappa shape index (κ1) is 10.9. The highest BCUT2D eigenvalue weighted by atomic mass is 35.5. The van der Waals surface area contributed by atoms with Crippen molar-refractivity contribution in [1.82, 2.24) is 9.97 Å². The number of halogens is 2. The van der Waals surface area contributed by atoms with Crippen LogP contribution in [-0.4, -0.2) is 22.8 Å². The Hall–Kier alpha value is -1.13. The normalized spacial score (nSPS) is 9.57. The summed E-state index contributed by atoms with van der Waals surface area (Å²) in [5.74, 6) is 0.310. The van der Waals surface area contributed by atoms with Crippen molar-refractivity contribution in [2.24, 2.45) is 0 Å². The van der Waals surface area contributed by atoms with E-state index < -0.39 is 0 Å². The quantitative estimate of drug-likeness (QED) is 0.374. The largest absolute Gasteiger partial charge is 0.366 e. The van der Waals surface area contributed by atoms with Gasteiger partial charge in [-0.05, 0) is 11.6 Å². The van der Waals surface area contributed by atoms with E-state index in [0.29, 0.717) is 18.6 Å². The molecule has 4 nitrogen and oxygen atoms in total. The Balaban J connectivity index is 3.10. The van der Waals surface area contributed by atoms with E-state index in [1.165, 1.54) is 0 Å². The van der Waals surface area contributed by atoms with Gasteiger partial charge in [-0.1, -0.05) is 17.7 Å². The van der Waals surface area contributed by atoms with Crippen LogP contribution in [0.15, 0.2) is 12.7 Å². The summed E-state index contributed by atoms with van der Waals surface area (Å²) < 4.78 is 0. The number of anilines is 1. The first-order valence-electron chi connectivity index (χ1n) is 3.72. The summed E-state index contributed by atoms with van der Waals surface area (Å²) in [6.07, 6.45) is 2.20. The minimum atomic E-state index is -0.00726. The van der Waals surface area contributed by atoms with Crippen LogP contribution in [0, 0.1) is 0 Å². The Morgan fingerprint density at radius 3 is 2.71 bits per heavy atom. The van der Waals surface area contributed by atoms with E-state index in [-0.39, 0.29) is 16.0 Å². The maximum absolute atomic E-state index is 10.6. The van der Waals surface area contributed by atoms with Crippen LogP contribution in [0.1, 0.15) is 10.4 Å². The van der Waals surface area contributed by atoms with Crippen molar-refractivity contribution < 1.29 is 4.79 Å². The smallest absolute Gasteiger partial charge is 0.225 e. The van der Waals surface area contributed by atoms with Gasteiger partial charge in [0.2, 0.25) is 5.28 Å². The molecule has 0 aliphatic heterocycles. The molecule has 0 aliphatic rings. The maximum Gasteiger partial charge on any atom is 0.225 e. The molecule has 1 aromatic heterocycles. The molecule has 0 saturated heterocycles. The van der Waals surface area contributed by atoms with Gasteiger partial charge >= 0.3 is 0 Å². The van der Waals surface area contributed by atoms with Gasteiger partial charge in [-0.15, -0.1) is 6.58 Å². The molecule has 0 bridgehead atoms.